The van der Waals surface area contributed by atoms with Crippen LogP contribution in [0.25, 0.3) is 22.0 Å². The zero-order valence-electron chi connectivity index (χ0n) is 9.48. The van der Waals surface area contributed by atoms with Gasteiger partial charge in [0.1, 0.15) is 0 Å². The van der Waals surface area contributed by atoms with Gasteiger partial charge in [-0.3, -0.25) is 4.79 Å². The Kier molecular flexibility index (Phi) is 2.65. The first-order valence-corrected chi connectivity index (χ1v) is 5.98. The van der Waals surface area contributed by atoms with Crippen molar-refractivity contribution in [3.8, 4) is 11.1 Å². The molecule has 88 valence electrons. The summed E-state index contributed by atoms with van der Waals surface area (Å²) in [4.78, 5) is 14.0. The van der Waals surface area contributed by atoms with Crippen LogP contribution in [-0.4, -0.2) is 11.3 Å². The van der Waals surface area contributed by atoms with Crippen LogP contribution >= 0.6 is 11.6 Å². The van der Waals surface area contributed by atoms with Gasteiger partial charge in [0.2, 0.25) is 0 Å². The van der Waals surface area contributed by atoms with Crippen LogP contribution in [0.5, 0.6) is 0 Å². The smallest absolute Gasteiger partial charge is 0.152 e. The molecule has 3 aromatic rings. The molecule has 1 N–H and O–H groups in total. The molecule has 3 rings (SSSR count). The van der Waals surface area contributed by atoms with E-state index in [2.05, 4.69) is 4.98 Å². The fraction of sp³-hybridized carbons (Fsp3) is 0. The number of nitrogens with one attached hydrogen (secondary N) is 1. The van der Waals surface area contributed by atoms with Crippen molar-refractivity contribution < 1.29 is 4.79 Å². The van der Waals surface area contributed by atoms with Gasteiger partial charge in [0, 0.05) is 27.7 Å². The fourth-order valence-corrected chi connectivity index (χ4v) is 2.28. The maximum atomic E-state index is 10.9. The minimum atomic E-state index is 0.675. The predicted molar refractivity (Wildman–Crippen MR) is 74.1 cm³/mol. The number of aromatic nitrogens is 1. The third kappa shape index (κ3) is 1.81. The molecule has 0 spiro atoms. The second-order valence-electron chi connectivity index (χ2n) is 4.13. The van der Waals surface area contributed by atoms with Gasteiger partial charge in [0.25, 0.3) is 0 Å². The molecule has 0 atom stereocenters. The number of H-pyrrole nitrogens is 1. The Hall–Kier alpha value is -2.06. The van der Waals surface area contributed by atoms with Crippen molar-refractivity contribution in [2.24, 2.45) is 0 Å². The minimum absolute atomic E-state index is 0.675. The molecule has 1 aromatic heterocycles. The third-order valence-electron chi connectivity index (χ3n) is 3.00. The van der Waals surface area contributed by atoms with E-state index in [9.17, 15) is 4.79 Å². The van der Waals surface area contributed by atoms with Gasteiger partial charge < -0.3 is 4.98 Å². The van der Waals surface area contributed by atoms with E-state index in [0.29, 0.717) is 10.6 Å². The molecule has 3 heteroatoms. The number of benzene rings is 2. The topological polar surface area (TPSA) is 32.9 Å². The molecule has 0 amide bonds. The Morgan fingerprint density at radius 1 is 1.06 bits per heavy atom. The van der Waals surface area contributed by atoms with Gasteiger partial charge in [-0.1, -0.05) is 29.8 Å². The number of rotatable bonds is 2. The maximum Gasteiger partial charge on any atom is 0.152 e. The van der Waals surface area contributed by atoms with E-state index in [0.717, 1.165) is 28.3 Å². The molecule has 0 unspecified atom stereocenters. The Bertz CT molecular complexity index is 730. The summed E-state index contributed by atoms with van der Waals surface area (Å²) >= 11 is 5.99. The van der Waals surface area contributed by atoms with Gasteiger partial charge in [-0.15, -0.1) is 0 Å². The molecule has 0 aliphatic carbocycles. The first kappa shape index (κ1) is 11.1. The Balaban J connectivity index is 2.21. The summed E-state index contributed by atoms with van der Waals surface area (Å²) in [6.45, 7) is 0. The second kappa shape index (κ2) is 4.31. The van der Waals surface area contributed by atoms with E-state index >= 15 is 0 Å². The van der Waals surface area contributed by atoms with Crippen LogP contribution in [-0.2, 0) is 0 Å². The summed E-state index contributed by atoms with van der Waals surface area (Å²) in [5, 5.41) is 1.64. The van der Waals surface area contributed by atoms with Gasteiger partial charge in [-0.05, 0) is 35.4 Å². The van der Waals surface area contributed by atoms with Gasteiger partial charge in [0.15, 0.2) is 6.29 Å². The summed E-state index contributed by atoms with van der Waals surface area (Å²) in [5.74, 6) is 0. The number of aldehydes is 1. The SMILES string of the molecule is O=Cc1c[nH]c2ccc(-c3cccc(Cl)c3)cc12. The predicted octanol–water partition coefficient (Wildman–Crippen LogP) is 4.30. The Morgan fingerprint density at radius 2 is 1.89 bits per heavy atom. The lowest BCUT2D eigenvalue weighted by Gasteiger charge is -2.03. The van der Waals surface area contributed by atoms with Crippen molar-refractivity contribution in [2.45, 2.75) is 0 Å². The highest BCUT2D eigenvalue weighted by atomic mass is 35.5. The standard InChI is InChI=1S/C15H10ClNO/c16-13-3-1-2-10(6-13)11-4-5-15-14(7-11)12(9-18)8-17-15/h1-9,17H. The summed E-state index contributed by atoms with van der Waals surface area (Å²) in [6.07, 6.45) is 2.58. The number of hydrogen-bond acceptors (Lipinski definition) is 1. The molecule has 2 nitrogen and oxygen atoms in total. The number of carbonyl (C=O) groups is 1. The normalized spacial score (nSPS) is 10.7. The fourth-order valence-electron chi connectivity index (χ4n) is 2.09. The van der Waals surface area contributed by atoms with E-state index in [1.807, 2.05) is 42.5 Å². The summed E-state index contributed by atoms with van der Waals surface area (Å²) in [5.41, 5.74) is 3.73. The summed E-state index contributed by atoms with van der Waals surface area (Å²) in [7, 11) is 0. The van der Waals surface area contributed by atoms with Crippen LogP contribution in [0.1, 0.15) is 10.4 Å². The van der Waals surface area contributed by atoms with Gasteiger partial charge in [-0.25, -0.2) is 0 Å². The monoisotopic (exact) mass is 255 g/mol. The average Bonchev–Trinajstić information content (AvgIpc) is 2.80. The Labute approximate surface area is 109 Å². The third-order valence-corrected chi connectivity index (χ3v) is 3.23. The molecule has 0 saturated heterocycles. The molecular weight excluding hydrogens is 246 g/mol. The van der Waals surface area contributed by atoms with Crippen molar-refractivity contribution in [3.05, 3.63) is 59.2 Å². The number of hydrogen-bond donors (Lipinski definition) is 1. The van der Waals surface area contributed by atoms with Crippen LogP contribution in [0.2, 0.25) is 5.02 Å². The van der Waals surface area contributed by atoms with E-state index < -0.39 is 0 Å². The van der Waals surface area contributed by atoms with E-state index in [1.54, 1.807) is 6.20 Å². The van der Waals surface area contributed by atoms with Crippen molar-refractivity contribution in [3.63, 3.8) is 0 Å². The first-order chi connectivity index (χ1) is 8.78. The van der Waals surface area contributed by atoms with E-state index in [1.165, 1.54) is 0 Å². The molecule has 0 aliphatic rings. The highest BCUT2D eigenvalue weighted by molar-refractivity contribution is 6.30. The molecule has 1 heterocycles. The molecule has 0 aliphatic heterocycles. The zero-order valence-corrected chi connectivity index (χ0v) is 10.2. The molecule has 0 saturated carbocycles. The van der Waals surface area contributed by atoms with Crippen LogP contribution in [0.15, 0.2) is 48.7 Å². The number of halogens is 1. The van der Waals surface area contributed by atoms with E-state index in [-0.39, 0.29) is 0 Å². The summed E-state index contributed by atoms with van der Waals surface area (Å²) in [6, 6.07) is 13.7. The molecule has 2 aromatic carbocycles. The number of carbonyl (C=O) groups excluding carboxylic acids is 1. The highest BCUT2D eigenvalue weighted by Crippen LogP contribution is 2.27. The van der Waals surface area contributed by atoms with Gasteiger partial charge >= 0.3 is 0 Å². The van der Waals surface area contributed by atoms with Crippen molar-refractivity contribution in [2.75, 3.05) is 0 Å². The van der Waals surface area contributed by atoms with Gasteiger partial charge in [0.05, 0.1) is 0 Å². The van der Waals surface area contributed by atoms with Crippen molar-refractivity contribution in [1.82, 2.24) is 4.98 Å². The second-order valence-corrected chi connectivity index (χ2v) is 4.57. The van der Waals surface area contributed by atoms with Gasteiger partial charge in [-0.2, -0.15) is 0 Å². The number of aromatic amines is 1. The largest absolute Gasteiger partial charge is 0.360 e. The van der Waals surface area contributed by atoms with Crippen molar-refractivity contribution >= 4 is 28.8 Å². The first-order valence-electron chi connectivity index (χ1n) is 5.60. The Morgan fingerprint density at radius 3 is 2.67 bits per heavy atom. The van der Waals surface area contributed by atoms with Crippen LogP contribution < -0.4 is 0 Å². The maximum absolute atomic E-state index is 10.9. The zero-order chi connectivity index (χ0) is 12.5. The van der Waals surface area contributed by atoms with Crippen LogP contribution in [0.3, 0.4) is 0 Å². The molecule has 0 fully saturated rings. The molecule has 18 heavy (non-hydrogen) atoms. The van der Waals surface area contributed by atoms with Crippen LogP contribution in [0, 0.1) is 0 Å². The summed E-state index contributed by atoms with van der Waals surface area (Å²) < 4.78 is 0. The molecule has 0 bridgehead atoms. The molecule has 0 radical (unpaired) electrons. The highest BCUT2D eigenvalue weighted by Gasteiger charge is 2.05. The lowest BCUT2D eigenvalue weighted by atomic mass is 10.0. The quantitative estimate of drug-likeness (QED) is 0.681. The van der Waals surface area contributed by atoms with E-state index in [4.69, 9.17) is 11.6 Å². The average molecular weight is 256 g/mol. The number of fused-ring (bicyclic) bond motifs is 1. The lowest BCUT2D eigenvalue weighted by molar-refractivity contribution is 0.112. The minimum Gasteiger partial charge on any atom is -0.360 e. The van der Waals surface area contributed by atoms with Crippen LogP contribution in [0.4, 0.5) is 0 Å². The van der Waals surface area contributed by atoms with Crippen molar-refractivity contribution in [1.29, 1.82) is 0 Å². The lowest BCUT2D eigenvalue weighted by Crippen LogP contribution is -1.80. The molecular formula is C15H10ClNO.